The first-order valence-electron chi connectivity index (χ1n) is 4.30. The van der Waals surface area contributed by atoms with Crippen LogP contribution in [-0.4, -0.2) is 16.4 Å². The van der Waals surface area contributed by atoms with Crippen LogP contribution in [0.1, 0.15) is 16.1 Å². The Balaban J connectivity index is 2.79. The van der Waals surface area contributed by atoms with Gasteiger partial charge in [-0.05, 0) is 12.1 Å². The molecule has 0 atom stereocenters. The van der Waals surface area contributed by atoms with Gasteiger partial charge in [0.25, 0.3) is 0 Å². The molecule has 0 spiro atoms. The van der Waals surface area contributed by atoms with Crippen molar-refractivity contribution in [3.63, 3.8) is 0 Å². The van der Waals surface area contributed by atoms with E-state index in [9.17, 15) is 4.79 Å². The van der Waals surface area contributed by atoms with E-state index in [4.69, 9.17) is 5.11 Å². The maximum absolute atomic E-state index is 10.8. The number of aliphatic hydroxyl groups is 1. The SMILES string of the molecule is O=Cc1cc(CO)nc2ccccc12. The van der Waals surface area contributed by atoms with E-state index in [2.05, 4.69) is 4.98 Å². The van der Waals surface area contributed by atoms with Crippen molar-refractivity contribution < 1.29 is 9.90 Å². The van der Waals surface area contributed by atoms with Crippen molar-refractivity contribution in [3.05, 3.63) is 41.6 Å². The topological polar surface area (TPSA) is 50.2 Å². The summed E-state index contributed by atoms with van der Waals surface area (Å²) in [4.78, 5) is 15.0. The average Bonchev–Trinajstić information content (AvgIpc) is 2.27. The molecule has 3 nitrogen and oxygen atoms in total. The number of aliphatic hydroxyl groups excluding tert-OH is 1. The van der Waals surface area contributed by atoms with Crippen molar-refractivity contribution in [3.8, 4) is 0 Å². The molecule has 1 N–H and O–H groups in total. The summed E-state index contributed by atoms with van der Waals surface area (Å²) >= 11 is 0. The minimum absolute atomic E-state index is 0.147. The normalized spacial score (nSPS) is 10.4. The van der Waals surface area contributed by atoms with Crippen LogP contribution >= 0.6 is 0 Å². The molecular formula is C11H9NO2. The van der Waals surface area contributed by atoms with Gasteiger partial charge in [-0.25, -0.2) is 0 Å². The molecule has 0 aliphatic carbocycles. The number of hydrogen-bond acceptors (Lipinski definition) is 3. The van der Waals surface area contributed by atoms with E-state index in [0.717, 1.165) is 17.2 Å². The molecule has 0 aliphatic heterocycles. The quantitative estimate of drug-likeness (QED) is 0.725. The summed E-state index contributed by atoms with van der Waals surface area (Å²) in [5, 5.41) is 9.76. The first kappa shape index (κ1) is 8.84. The van der Waals surface area contributed by atoms with Gasteiger partial charge in [0.15, 0.2) is 6.29 Å². The Kier molecular flexibility index (Phi) is 2.24. The Labute approximate surface area is 81.0 Å². The number of aromatic nitrogens is 1. The van der Waals surface area contributed by atoms with Crippen LogP contribution in [0.5, 0.6) is 0 Å². The van der Waals surface area contributed by atoms with Crippen molar-refractivity contribution in [2.75, 3.05) is 0 Å². The molecule has 0 fully saturated rings. The number of pyridine rings is 1. The largest absolute Gasteiger partial charge is 0.390 e. The number of rotatable bonds is 2. The zero-order chi connectivity index (χ0) is 9.97. The monoisotopic (exact) mass is 187 g/mol. The summed E-state index contributed by atoms with van der Waals surface area (Å²) in [6, 6.07) is 8.98. The van der Waals surface area contributed by atoms with Crippen LogP contribution in [0.3, 0.4) is 0 Å². The van der Waals surface area contributed by atoms with Crippen molar-refractivity contribution >= 4 is 17.2 Å². The molecule has 0 radical (unpaired) electrons. The van der Waals surface area contributed by atoms with E-state index in [0.29, 0.717) is 11.3 Å². The van der Waals surface area contributed by atoms with Crippen molar-refractivity contribution in [2.45, 2.75) is 6.61 Å². The minimum Gasteiger partial charge on any atom is -0.390 e. The van der Waals surface area contributed by atoms with E-state index in [1.807, 2.05) is 24.3 Å². The zero-order valence-electron chi connectivity index (χ0n) is 7.47. The van der Waals surface area contributed by atoms with Gasteiger partial charge < -0.3 is 5.11 Å². The lowest BCUT2D eigenvalue weighted by atomic mass is 10.1. The van der Waals surface area contributed by atoms with Crippen LogP contribution in [-0.2, 0) is 6.61 Å². The number of para-hydroxylation sites is 1. The molecule has 1 aromatic carbocycles. The van der Waals surface area contributed by atoms with Crippen LogP contribution in [0, 0.1) is 0 Å². The molecule has 0 unspecified atom stereocenters. The molecule has 1 aromatic heterocycles. The summed E-state index contributed by atoms with van der Waals surface area (Å²) in [6.45, 7) is -0.147. The third-order valence-corrected chi connectivity index (χ3v) is 2.09. The predicted octanol–water partition coefficient (Wildman–Crippen LogP) is 1.54. The predicted molar refractivity (Wildman–Crippen MR) is 53.1 cm³/mol. The fraction of sp³-hybridized carbons (Fsp3) is 0.0909. The van der Waals surface area contributed by atoms with Crippen LogP contribution in [0.15, 0.2) is 30.3 Å². The van der Waals surface area contributed by atoms with Gasteiger partial charge in [-0.2, -0.15) is 0 Å². The van der Waals surface area contributed by atoms with E-state index in [-0.39, 0.29) is 6.61 Å². The van der Waals surface area contributed by atoms with Gasteiger partial charge in [0.1, 0.15) is 0 Å². The number of nitrogens with zero attached hydrogens (tertiary/aromatic N) is 1. The highest BCUT2D eigenvalue weighted by molar-refractivity contribution is 5.96. The van der Waals surface area contributed by atoms with Crippen LogP contribution in [0.4, 0.5) is 0 Å². The van der Waals surface area contributed by atoms with Crippen LogP contribution in [0.2, 0.25) is 0 Å². The average molecular weight is 187 g/mol. The van der Waals surface area contributed by atoms with Crippen molar-refractivity contribution in [2.24, 2.45) is 0 Å². The fourth-order valence-corrected chi connectivity index (χ4v) is 1.44. The molecule has 1 heterocycles. The molecule has 14 heavy (non-hydrogen) atoms. The number of benzene rings is 1. The smallest absolute Gasteiger partial charge is 0.150 e. The second kappa shape index (κ2) is 3.55. The number of aldehydes is 1. The molecule has 2 rings (SSSR count). The van der Waals surface area contributed by atoms with Gasteiger partial charge in [-0.3, -0.25) is 9.78 Å². The van der Waals surface area contributed by atoms with Gasteiger partial charge in [0.05, 0.1) is 17.8 Å². The lowest BCUT2D eigenvalue weighted by molar-refractivity contribution is 0.112. The summed E-state index contributed by atoms with van der Waals surface area (Å²) in [7, 11) is 0. The molecule has 0 bridgehead atoms. The summed E-state index contributed by atoms with van der Waals surface area (Å²) in [6.07, 6.45) is 0.781. The summed E-state index contributed by atoms with van der Waals surface area (Å²) < 4.78 is 0. The molecule has 2 aromatic rings. The Morgan fingerprint density at radius 1 is 1.36 bits per heavy atom. The molecule has 0 aliphatic rings. The summed E-state index contributed by atoms with van der Waals surface area (Å²) in [5.74, 6) is 0. The molecule has 3 heteroatoms. The lowest BCUT2D eigenvalue weighted by Gasteiger charge is -2.02. The number of carbonyl (C=O) groups excluding carboxylic acids is 1. The molecule has 70 valence electrons. The molecule has 0 saturated heterocycles. The minimum atomic E-state index is -0.147. The summed E-state index contributed by atoms with van der Waals surface area (Å²) in [5.41, 5.74) is 1.83. The first-order valence-corrected chi connectivity index (χ1v) is 4.30. The van der Waals surface area contributed by atoms with Gasteiger partial charge in [-0.1, -0.05) is 18.2 Å². The lowest BCUT2D eigenvalue weighted by Crippen LogP contribution is -1.94. The molecular weight excluding hydrogens is 178 g/mol. The van der Waals surface area contributed by atoms with E-state index < -0.39 is 0 Å². The second-order valence-electron chi connectivity index (χ2n) is 3.00. The number of hydrogen-bond donors (Lipinski definition) is 1. The third-order valence-electron chi connectivity index (χ3n) is 2.09. The van der Waals surface area contributed by atoms with Gasteiger partial charge in [0.2, 0.25) is 0 Å². The van der Waals surface area contributed by atoms with Gasteiger partial charge in [0, 0.05) is 10.9 Å². The van der Waals surface area contributed by atoms with E-state index in [1.54, 1.807) is 6.07 Å². The Morgan fingerprint density at radius 2 is 2.14 bits per heavy atom. The third kappa shape index (κ3) is 1.38. The standard InChI is InChI=1S/C11H9NO2/c13-6-8-5-9(7-14)12-11-4-2-1-3-10(8)11/h1-6,14H,7H2. The Morgan fingerprint density at radius 3 is 2.86 bits per heavy atom. The second-order valence-corrected chi connectivity index (χ2v) is 3.00. The zero-order valence-corrected chi connectivity index (χ0v) is 7.47. The fourth-order valence-electron chi connectivity index (χ4n) is 1.44. The molecule has 0 amide bonds. The van der Waals surface area contributed by atoms with Crippen LogP contribution in [0.25, 0.3) is 10.9 Å². The number of carbonyl (C=O) groups is 1. The highest BCUT2D eigenvalue weighted by Crippen LogP contribution is 2.16. The highest BCUT2D eigenvalue weighted by Gasteiger charge is 2.03. The van der Waals surface area contributed by atoms with Gasteiger partial charge in [-0.15, -0.1) is 0 Å². The number of fused-ring (bicyclic) bond motifs is 1. The van der Waals surface area contributed by atoms with Gasteiger partial charge >= 0.3 is 0 Å². The first-order chi connectivity index (χ1) is 6.85. The maximum atomic E-state index is 10.8. The van der Waals surface area contributed by atoms with Crippen molar-refractivity contribution in [1.82, 2.24) is 4.98 Å². The van der Waals surface area contributed by atoms with Crippen molar-refractivity contribution in [1.29, 1.82) is 0 Å². The maximum Gasteiger partial charge on any atom is 0.150 e. The highest BCUT2D eigenvalue weighted by atomic mass is 16.3. The Bertz CT molecular complexity index is 480. The molecule has 0 saturated carbocycles. The Hall–Kier alpha value is -1.74. The van der Waals surface area contributed by atoms with Crippen LogP contribution < -0.4 is 0 Å². The van der Waals surface area contributed by atoms with E-state index >= 15 is 0 Å². The van der Waals surface area contributed by atoms with E-state index in [1.165, 1.54) is 0 Å².